The van der Waals surface area contributed by atoms with E-state index in [1.807, 2.05) is 25.1 Å². The second-order valence-corrected chi connectivity index (χ2v) is 7.90. The predicted octanol–water partition coefficient (Wildman–Crippen LogP) is 2.49. The van der Waals surface area contributed by atoms with Crippen molar-refractivity contribution in [2.45, 2.75) is 45.8 Å². The molecule has 0 aromatic heterocycles. The Morgan fingerprint density at radius 1 is 1.30 bits per heavy atom. The molecule has 30 heavy (non-hydrogen) atoms. The summed E-state index contributed by atoms with van der Waals surface area (Å²) in [7, 11) is 3.61. The number of benzene rings is 1. The number of aryl methyl sites for hydroxylation is 1. The molecule has 0 radical (unpaired) electrons. The van der Waals surface area contributed by atoms with Gasteiger partial charge in [0, 0.05) is 39.8 Å². The SMILES string of the molecule is CCNC(=NCC(C)Oc1ccccc1C)NC1CCN(CC(=O)N(C)C)CC1.I. The van der Waals surface area contributed by atoms with Crippen LogP contribution in [0.4, 0.5) is 0 Å². The highest BCUT2D eigenvalue weighted by atomic mass is 127. The van der Waals surface area contributed by atoms with Gasteiger partial charge in [0.25, 0.3) is 0 Å². The molecule has 1 atom stereocenters. The van der Waals surface area contributed by atoms with E-state index in [0.29, 0.717) is 19.1 Å². The highest BCUT2D eigenvalue weighted by Gasteiger charge is 2.22. The Labute approximate surface area is 198 Å². The lowest BCUT2D eigenvalue weighted by Gasteiger charge is -2.33. The fraction of sp³-hybridized carbons (Fsp3) is 0.636. The van der Waals surface area contributed by atoms with Crippen LogP contribution in [0.25, 0.3) is 0 Å². The Balaban J connectivity index is 0.00000450. The normalized spacial score (nSPS) is 16.4. The molecule has 8 heteroatoms. The number of para-hydroxylation sites is 1. The maximum absolute atomic E-state index is 11.9. The van der Waals surface area contributed by atoms with Crippen molar-refractivity contribution in [1.82, 2.24) is 20.4 Å². The monoisotopic (exact) mass is 531 g/mol. The lowest BCUT2D eigenvalue weighted by atomic mass is 10.1. The van der Waals surface area contributed by atoms with Crippen LogP contribution in [0, 0.1) is 6.92 Å². The summed E-state index contributed by atoms with van der Waals surface area (Å²) in [5.41, 5.74) is 1.13. The average Bonchev–Trinajstić information content (AvgIpc) is 2.69. The third-order valence-corrected chi connectivity index (χ3v) is 5.06. The molecule has 7 nitrogen and oxygen atoms in total. The number of guanidine groups is 1. The Morgan fingerprint density at radius 2 is 1.97 bits per heavy atom. The summed E-state index contributed by atoms with van der Waals surface area (Å²) < 4.78 is 6.03. The number of nitrogens with one attached hydrogen (secondary N) is 2. The highest BCUT2D eigenvalue weighted by Crippen LogP contribution is 2.17. The molecule has 1 aliphatic rings. The molecule has 1 unspecified atom stereocenters. The van der Waals surface area contributed by atoms with E-state index in [1.165, 1.54) is 0 Å². The molecule has 1 amide bonds. The van der Waals surface area contributed by atoms with Crippen molar-refractivity contribution in [2.75, 3.05) is 46.8 Å². The van der Waals surface area contributed by atoms with Gasteiger partial charge in [-0.3, -0.25) is 9.69 Å². The van der Waals surface area contributed by atoms with Gasteiger partial charge in [0.15, 0.2) is 5.96 Å². The lowest BCUT2D eigenvalue weighted by Crippen LogP contribution is -2.50. The van der Waals surface area contributed by atoms with E-state index in [0.717, 1.165) is 49.7 Å². The van der Waals surface area contributed by atoms with Crippen LogP contribution in [0.2, 0.25) is 0 Å². The van der Waals surface area contributed by atoms with E-state index in [9.17, 15) is 4.79 Å². The number of halogens is 1. The lowest BCUT2D eigenvalue weighted by molar-refractivity contribution is -0.130. The molecule has 2 N–H and O–H groups in total. The van der Waals surface area contributed by atoms with Gasteiger partial charge in [-0.2, -0.15) is 0 Å². The minimum absolute atomic E-state index is 0. The number of rotatable bonds is 8. The number of piperidine rings is 1. The highest BCUT2D eigenvalue weighted by molar-refractivity contribution is 14.0. The molecule has 1 heterocycles. The summed E-state index contributed by atoms with van der Waals surface area (Å²) in [4.78, 5) is 20.5. The van der Waals surface area contributed by atoms with Crippen LogP contribution in [0.1, 0.15) is 32.3 Å². The van der Waals surface area contributed by atoms with Crippen molar-refractivity contribution >= 4 is 35.8 Å². The second-order valence-electron chi connectivity index (χ2n) is 7.90. The topological polar surface area (TPSA) is 69.2 Å². The molecule has 0 aliphatic carbocycles. The number of nitrogens with zero attached hydrogens (tertiary/aromatic N) is 3. The minimum atomic E-state index is -0.00884. The van der Waals surface area contributed by atoms with Crippen LogP contribution in [-0.4, -0.2) is 80.6 Å². The van der Waals surface area contributed by atoms with E-state index in [1.54, 1.807) is 19.0 Å². The third kappa shape index (κ3) is 9.07. The van der Waals surface area contributed by atoms with Crippen molar-refractivity contribution in [2.24, 2.45) is 4.99 Å². The van der Waals surface area contributed by atoms with Gasteiger partial charge in [-0.25, -0.2) is 4.99 Å². The Bertz CT molecular complexity index is 675. The number of hydrogen-bond donors (Lipinski definition) is 2. The number of aliphatic imine (C=N–C) groups is 1. The number of likely N-dealkylation sites (tertiary alicyclic amines) is 1. The van der Waals surface area contributed by atoms with Crippen LogP contribution in [0.15, 0.2) is 29.3 Å². The van der Waals surface area contributed by atoms with Crippen molar-refractivity contribution in [3.63, 3.8) is 0 Å². The predicted molar refractivity (Wildman–Crippen MR) is 134 cm³/mol. The first-order valence-corrected chi connectivity index (χ1v) is 10.6. The number of hydrogen-bond acceptors (Lipinski definition) is 4. The molecular formula is C22H38IN5O2. The van der Waals surface area contributed by atoms with Crippen LogP contribution in [-0.2, 0) is 4.79 Å². The maximum Gasteiger partial charge on any atom is 0.236 e. The Kier molecular flexibility index (Phi) is 12.1. The molecule has 170 valence electrons. The van der Waals surface area contributed by atoms with E-state index >= 15 is 0 Å². The molecule has 0 saturated carbocycles. The van der Waals surface area contributed by atoms with Crippen LogP contribution in [0.5, 0.6) is 5.75 Å². The van der Waals surface area contributed by atoms with Gasteiger partial charge in [-0.15, -0.1) is 24.0 Å². The number of carbonyl (C=O) groups is 1. The van der Waals surface area contributed by atoms with Gasteiger partial charge >= 0.3 is 0 Å². The van der Waals surface area contributed by atoms with Crippen LogP contribution >= 0.6 is 24.0 Å². The van der Waals surface area contributed by atoms with Crippen molar-refractivity contribution in [3.8, 4) is 5.75 Å². The third-order valence-electron chi connectivity index (χ3n) is 5.06. The zero-order valence-corrected chi connectivity index (χ0v) is 21.3. The smallest absolute Gasteiger partial charge is 0.236 e. The molecule has 1 aromatic rings. The standard InChI is InChI=1S/C22H37N5O2.HI/c1-6-23-22(24-15-18(3)29-20-10-8-7-9-17(20)2)25-19-11-13-27(14-12-19)16-21(28)26(4)5;/h7-10,18-19H,6,11-16H2,1-5H3,(H2,23,24,25);1H. The van der Waals surface area contributed by atoms with Gasteiger partial charge in [0.05, 0.1) is 13.1 Å². The summed E-state index contributed by atoms with van der Waals surface area (Å²) >= 11 is 0. The van der Waals surface area contributed by atoms with Crippen molar-refractivity contribution in [3.05, 3.63) is 29.8 Å². The van der Waals surface area contributed by atoms with Gasteiger partial charge in [0.1, 0.15) is 11.9 Å². The van der Waals surface area contributed by atoms with Gasteiger partial charge in [0.2, 0.25) is 5.91 Å². The van der Waals surface area contributed by atoms with Gasteiger partial charge < -0.3 is 20.3 Å². The fourth-order valence-electron chi connectivity index (χ4n) is 3.24. The molecule has 2 rings (SSSR count). The molecule has 0 spiro atoms. The summed E-state index contributed by atoms with van der Waals surface area (Å²) in [6, 6.07) is 8.41. The first-order valence-electron chi connectivity index (χ1n) is 10.6. The number of likely N-dealkylation sites (N-methyl/N-ethyl adjacent to an activating group) is 1. The first kappa shape index (κ1) is 26.5. The van der Waals surface area contributed by atoms with Gasteiger partial charge in [-0.05, 0) is 45.2 Å². The Morgan fingerprint density at radius 3 is 2.57 bits per heavy atom. The zero-order chi connectivity index (χ0) is 21.2. The fourth-order valence-corrected chi connectivity index (χ4v) is 3.24. The maximum atomic E-state index is 11.9. The summed E-state index contributed by atoms with van der Waals surface area (Å²) in [6.07, 6.45) is 1.99. The van der Waals surface area contributed by atoms with E-state index in [-0.39, 0.29) is 36.0 Å². The number of carbonyl (C=O) groups excluding carboxylic acids is 1. The quantitative estimate of drug-likeness (QED) is 0.307. The summed E-state index contributed by atoms with van der Waals surface area (Å²) in [5.74, 6) is 1.90. The minimum Gasteiger partial charge on any atom is -0.489 e. The molecule has 1 saturated heterocycles. The second kappa shape index (κ2) is 13.7. The molecule has 1 aromatic carbocycles. The molecule has 0 bridgehead atoms. The van der Waals surface area contributed by atoms with Crippen molar-refractivity contribution in [1.29, 1.82) is 0 Å². The zero-order valence-electron chi connectivity index (χ0n) is 19.0. The largest absolute Gasteiger partial charge is 0.489 e. The molecule has 1 aliphatic heterocycles. The Hall–Kier alpha value is -1.55. The first-order chi connectivity index (χ1) is 13.9. The van der Waals surface area contributed by atoms with Gasteiger partial charge in [-0.1, -0.05) is 18.2 Å². The molecular weight excluding hydrogens is 493 g/mol. The van der Waals surface area contributed by atoms with Crippen molar-refractivity contribution < 1.29 is 9.53 Å². The average molecular weight is 531 g/mol. The van der Waals surface area contributed by atoms with Crippen LogP contribution in [0.3, 0.4) is 0 Å². The van der Waals surface area contributed by atoms with E-state index in [2.05, 4.69) is 35.4 Å². The summed E-state index contributed by atoms with van der Waals surface area (Å²) in [5, 5.41) is 6.87. The molecule has 1 fully saturated rings. The van der Waals surface area contributed by atoms with E-state index < -0.39 is 0 Å². The summed E-state index contributed by atoms with van der Waals surface area (Å²) in [6.45, 7) is 9.90. The van der Waals surface area contributed by atoms with E-state index in [4.69, 9.17) is 9.73 Å². The number of ether oxygens (including phenoxy) is 1. The number of amides is 1. The van der Waals surface area contributed by atoms with Crippen LogP contribution < -0.4 is 15.4 Å².